The third-order valence-electron chi connectivity index (χ3n) is 5.16. The van der Waals surface area contributed by atoms with Gasteiger partial charge >= 0.3 is 0 Å². The molecular weight excluding hydrogens is 286 g/mol. The summed E-state index contributed by atoms with van der Waals surface area (Å²) in [7, 11) is 1.71. The summed E-state index contributed by atoms with van der Waals surface area (Å²) in [6.07, 6.45) is 1.30. The molecule has 1 N–H and O–H groups in total. The summed E-state index contributed by atoms with van der Waals surface area (Å²) >= 11 is 0. The average Bonchev–Trinajstić information content (AvgIpc) is 3.04. The molecule has 1 fully saturated rings. The van der Waals surface area contributed by atoms with Gasteiger partial charge < -0.3 is 14.8 Å². The van der Waals surface area contributed by atoms with Gasteiger partial charge in [-0.25, -0.2) is 0 Å². The van der Waals surface area contributed by atoms with Gasteiger partial charge in [-0.1, -0.05) is 29.8 Å². The van der Waals surface area contributed by atoms with Crippen LogP contribution < -0.4 is 10.1 Å². The smallest absolute Gasteiger partial charge is 0.118 e. The number of hydrogen-bond acceptors (Lipinski definition) is 3. The Bertz CT molecular complexity index is 723. The number of fused-ring (bicyclic) bond motifs is 3. The summed E-state index contributed by atoms with van der Waals surface area (Å²) in [5.74, 6) is 1.38. The predicted molar refractivity (Wildman–Crippen MR) is 92.1 cm³/mol. The molecule has 2 aliphatic rings. The van der Waals surface area contributed by atoms with Gasteiger partial charge in [0.2, 0.25) is 0 Å². The number of nitrogens with one attached hydrogen (secondary N) is 1. The molecule has 0 aromatic heterocycles. The first-order valence-corrected chi connectivity index (χ1v) is 8.30. The van der Waals surface area contributed by atoms with Crippen LogP contribution in [-0.4, -0.2) is 13.7 Å². The van der Waals surface area contributed by atoms with Crippen LogP contribution >= 0.6 is 0 Å². The Hall–Kier alpha value is -2.00. The molecular formula is C20H23NO2. The van der Waals surface area contributed by atoms with Crippen molar-refractivity contribution in [3.8, 4) is 5.75 Å². The molecule has 2 heterocycles. The molecule has 0 amide bonds. The summed E-state index contributed by atoms with van der Waals surface area (Å²) < 4.78 is 11.4. The van der Waals surface area contributed by atoms with E-state index in [1.165, 1.54) is 27.9 Å². The van der Waals surface area contributed by atoms with Gasteiger partial charge in [0.15, 0.2) is 0 Å². The zero-order chi connectivity index (χ0) is 16.0. The average molecular weight is 309 g/mol. The van der Waals surface area contributed by atoms with Crippen LogP contribution in [0, 0.1) is 19.8 Å². The van der Waals surface area contributed by atoms with Crippen molar-refractivity contribution in [1.82, 2.24) is 0 Å². The number of ether oxygens (including phenoxy) is 2. The second-order valence-electron chi connectivity index (χ2n) is 6.69. The zero-order valence-corrected chi connectivity index (χ0v) is 13.9. The van der Waals surface area contributed by atoms with E-state index in [-0.39, 0.29) is 6.10 Å². The fraction of sp³-hybridized carbons (Fsp3) is 0.400. The molecule has 2 aromatic carbocycles. The van der Waals surface area contributed by atoms with Crippen LogP contribution in [-0.2, 0) is 4.74 Å². The van der Waals surface area contributed by atoms with Crippen LogP contribution in [0.25, 0.3) is 0 Å². The van der Waals surface area contributed by atoms with Gasteiger partial charge in [-0.05, 0) is 43.5 Å². The number of benzene rings is 2. The van der Waals surface area contributed by atoms with Gasteiger partial charge in [-0.2, -0.15) is 0 Å². The van der Waals surface area contributed by atoms with Crippen LogP contribution in [0.4, 0.5) is 5.69 Å². The van der Waals surface area contributed by atoms with Crippen molar-refractivity contribution in [3.05, 3.63) is 58.7 Å². The summed E-state index contributed by atoms with van der Waals surface area (Å²) in [4.78, 5) is 0. The van der Waals surface area contributed by atoms with Crippen molar-refractivity contribution in [2.75, 3.05) is 19.0 Å². The first-order chi connectivity index (χ1) is 11.2. The van der Waals surface area contributed by atoms with Crippen LogP contribution in [0.15, 0.2) is 36.4 Å². The largest absolute Gasteiger partial charge is 0.497 e. The molecule has 2 aliphatic heterocycles. The van der Waals surface area contributed by atoms with Gasteiger partial charge in [0, 0.05) is 23.8 Å². The highest BCUT2D eigenvalue weighted by molar-refractivity contribution is 5.63. The Morgan fingerprint density at radius 3 is 2.65 bits per heavy atom. The first kappa shape index (κ1) is 14.6. The van der Waals surface area contributed by atoms with Crippen molar-refractivity contribution in [2.24, 2.45) is 5.92 Å². The SMILES string of the molecule is COc1ccc([C@@H]2Nc3c(C)cc(C)cc3[C@H]3OCC[C@H]32)cc1. The van der Waals surface area contributed by atoms with E-state index < -0.39 is 0 Å². The van der Waals surface area contributed by atoms with E-state index in [0.29, 0.717) is 12.0 Å². The minimum Gasteiger partial charge on any atom is -0.497 e. The van der Waals surface area contributed by atoms with Crippen molar-refractivity contribution < 1.29 is 9.47 Å². The number of anilines is 1. The molecule has 0 saturated carbocycles. The summed E-state index contributed by atoms with van der Waals surface area (Å²) in [6, 6.07) is 13.2. The van der Waals surface area contributed by atoms with Gasteiger partial charge in [0.25, 0.3) is 0 Å². The molecule has 0 unspecified atom stereocenters. The van der Waals surface area contributed by atoms with E-state index in [1.807, 2.05) is 12.1 Å². The number of rotatable bonds is 2. The molecule has 120 valence electrons. The molecule has 0 bridgehead atoms. The Morgan fingerprint density at radius 1 is 1.13 bits per heavy atom. The van der Waals surface area contributed by atoms with Crippen LogP contribution in [0.1, 0.15) is 40.8 Å². The third kappa shape index (κ3) is 2.40. The molecule has 23 heavy (non-hydrogen) atoms. The Balaban J connectivity index is 1.77. The van der Waals surface area contributed by atoms with Crippen molar-refractivity contribution in [2.45, 2.75) is 32.4 Å². The Kier molecular flexibility index (Phi) is 3.53. The highest BCUT2D eigenvalue weighted by Gasteiger charge is 2.41. The fourth-order valence-corrected chi connectivity index (χ4v) is 4.09. The Labute approximate surface area is 137 Å². The van der Waals surface area contributed by atoms with Gasteiger partial charge in [-0.3, -0.25) is 0 Å². The maximum atomic E-state index is 6.13. The normalized spacial score (nSPS) is 25.4. The lowest BCUT2D eigenvalue weighted by Crippen LogP contribution is -2.29. The van der Waals surface area contributed by atoms with E-state index in [2.05, 4.69) is 43.4 Å². The molecule has 3 atom stereocenters. The van der Waals surface area contributed by atoms with E-state index in [1.54, 1.807) is 7.11 Å². The van der Waals surface area contributed by atoms with E-state index in [9.17, 15) is 0 Å². The second kappa shape index (κ2) is 5.57. The molecule has 0 radical (unpaired) electrons. The molecule has 3 heteroatoms. The highest BCUT2D eigenvalue weighted by Crippen LogP contribution is 2.50. The second-order valence-corrected chi connectivity index (χ2v) is 6.69. The summed E-state index contributed by atoms with van der Waals surface area (Å²) in [5, 5.41) is 3.80. The zero-order valence-electron chi connectivity index (χ0n) is 13.9. The highest BCUT2D eigenvalue weighted by atomic mass is 16.5. The number of hydrogen-bond donors (Lipinski definition) is 1. The van der Waals surface area contributed by atoms with Gasteiger partial charge in [0.1, 0.15) is 5.75 Å². The fourth-order valence-electron chi connectivity index (χ4n) is 4.09. The quantitative estimate of drug-likeness (QED) is 0.882. The third-order valence-corrected chi connectivity index (χ3v) is 5.16. The molecule has 3 nitrogen and oxygen atoms in total. The van der Waals surface area contributed by atoms with Crippen LogP contribution in [0.3, 0.4) is 0 Å². The monoisotopic (exact) mass is 309 g/mol. The molecule has 1 saturated heterocycles. The summed E-state index contributed by atoms with van der Waals surface area (Å²) in [5.41, 5.74) is 6.49. The lowest BCUT2D eigenvalue weighted by Gasteiger charge is -2.37. The standard InChI is InChI=1S/C20H23NO2/c1-12-10-13(2)18-17(11-12)20-16(8-9-23-20)19(21-18)14-4-6-15(22-3)7-5-14/h4-7,10-11,16,19-21H,8-9H2,1-3H3/t16-,19-,20-/m0/s1. The van der Waals surface area contributed by atoms with E-state index >= 15 is 0 Å². The van der Waals surface area contributed by atoms with Crippen molar-refractivity contribution >= 4 is 5.69 Å². The van der Waals surface area contributed by atoms with Crippen LogP contribution in [0.5, 0.6) is 5.75 Å². The van der Waals surface area contributed by atoms with E-state index in [0.717, 1.165) is 18.8 Å². The molecule has 4 rings (SSSR count). The maximum absolute atomic E-state index is 6.13. The van der Waals surface area contributed by atoms with Gasteiger partial charge in [-0.15, -0.1) is 0 Å². The van der Waals surface area contributed by atoms with Crippen molar-refractivity contribution in [1.29, 1.82) is 0 Å². The minimum absolute atomic E-state index is 0.206. The van der Waals surface area contributed by atoms with E-state index in [4.69, 9.17) is 9.47 Å². The Morgan fingerprint density at radius 2 is 1.91 bits per heavy atom. The van der Waals surface area contributed by atoms with Crippen LogP contribution in [0.2, 0.25) is 0 Å². The predicted octanol–water partition coefficient (Wildman–Crippen LogP) is 4.56. The number of aryl methyl sites for hydroxylation is 2. The first-order valence-electron chi connectivity index (χ1n) is 8.30. The topological polar surface area (TPSA) is 30.5 Å². The molecule has 0 aliphatic carbocycles. The molecule has 0 spiro atoms. The lowest BCUT2D eigenvalue weighted by molar-refractivity contribution is 0.0828. The maximum Gasteiger partial charge on any atom is 0.118 e. The molecule has 2 aromatic rings. The summed E-state index contributed by atoms with van der Waals surface area (Å²) in [6.45, 7) is 5.18. The van der Waals surface area contributed by atoms with Gasteiger partial charge in [0.05, 0.1) is 19.3 Å². The lowest BCUT2D eigenvalue weighted by atomic mass is 9.80. The van der Waals surface area contributed by atoms with Crippen molar-refractivity contribution in [3.63, 3.8) is 0 Å². The minimum atomic E-state index is 0.206. The number of methoxy groups -OCH3 is 1.